The molecular weight excluding hydrogens is 452 g/mol. The van der Waals surface area contributed by atoms with Crippen LogP contribution in [-0.2, 0) is 19.4 Å². The number of fused-ring (bicyclic) bond motifs is 2. The van der Waals surface area contributed by atoms with Crippen LogP contribution in [0.2, 0.25) is 0 Å². The van der Waals surface area contributed by atoms with Crippen molar-refractivity contribution < 1.29 is 13.9 Å². The molecule has 3 heterocycles. The van der Waals surface area contributed by atoms with Crippen molar-refractivity contribution in [2.75, 3.05) is 5.32 Å². The molecule has 0 fully saturated rings. The summed E-state index contributed by atoms with van der Waals surface area (Å²) in [5.74, 6) is -1.03. The monoisotopic (exact) mass is 471 g/mol. The van der Waals surface area contributed by atoms with Gasteiger partial charge in [-0.15, -0.1) is 0 Å². The van der Waals surface area contributed by atoms with Gasteiger partial charge in [0.15, 0.2) is 5.82 Å². The topological polar surface area (TPSA) is 102 Å². The molecule has 35 heavy (non-hydrogen) atoms. The number of anilines is 2. The minimum Gasteiger partial charge on any atom is -0.508 e. The number of rotatable bonds is 5. The van der Waals surface area contributed by atoms with Gasteiger partial charge in [0, 0.05) is 34.3 Å². The van der Waals surface area contributed by atoms with Crippen molar-refractivity contribution in [1.82, 2.24) is 29.9 Å². The average molecular weight is 471 g/mol. The first kappa shape index (κ1) is 21.1. The molecule has 0 unspecified atom stereocenters. The van der Waals surface area contributed by atoms with Crippen LogP contribution in [-0.4, -0.2) is 35.1 Å². The van der Waals surface area contributed by atoms with Crippen molar-refractivity contribution in [1.29, 1.82) is 0 Å². The Morgan fingerprint density at radius 2 is 1.83 bits per heavy atom. The highest BCUT2D eigenvalue weighted by atomic mass is 19.1. The highest BCUT2D eigenvalue weighted by Gasteiger charge is 2.23. The van der Waals surface area contributed by atoms with Crippen LogP contribution < -0.4 is 5.32 Å². The van der Waals surface area contributed by atoms with E-state index >= 15 is 0 Å². The van der Waals surface area contributed by atoms with Crippen LogP contribution in [0.1, 0.15) is 23.2 Å². The summed E-state index contributed by atoms with van der Waals surface area (Å²) < 4.78 is 30.4. The summed E-state index contributed by atoms with van der Waals surface area (Å²) in [5.41, 5.74) is 3.78. The molecule has 6 rings (SSSR count). The fraction of sp³-hybridized carbons (Fsp3) is 0.160. The molecule has 0 amide bonds. The van der Waals surface area contributed by atoms with Crippen molar-refractivity contribution in [3.05, 3.63) is 83.3 Å². The van der Waals surface area contributed by atoms with E-state index in [0.29, 0.717) is 22.9 Å². The van der Waals surface area contributed by atoms with Gasteiger partial charge in [-0.1, -0.05) is 18.2 Å². The van der Waals surface area contributed by atoms with Crippen LogP contribution in [0.4, 0.5) is 20.3 Å². The van der Waals surface area contributed by atoms with E-state index < -0.39 is 17.4 Å². The molecule has 0 saturated heterocycles. The zero-order chi connectivity index (χ0) is 23.9. The number of hydrogen-bond donors (Lipinski definition) is 2. The number of hydrogen-bond acceptors (Lipinski definition) is 7. The second-order valence-electron chi connectivity index (χ2n) is 8.34. The zero-order valence-electron chi connectivity index (χ0n) is 18.4. The minimum atomic E-state index is -0.838. The number of para-hydroxylation sites is 1. The van der Waals surface area contributed by atoms with Crippen molar-refractivity contribution in [2.45, 2.75) is 25.8 Å². The molecule has 2 aromatic carbocycles. The Morgan fingerprint density at radius 1 is 1.00 bits per heavy atom. The van der Waals surface area contributed by atoms with E-state index in [-0.39, 0.29) is 12.1 Å². The van der Waals surface area contributed by atoms with Crippen molar-refractivity contribution in [3.63, 3.8) is 0 Å². The first-order valence-electron chi connectivity index (χ1n) is 11.1. The second-order valence-corrected chi connectivity index (χ2v) is 8.34. The summed E-state index contributed by atoms with van der Waals surface area (Å²) in [7, 11) is 0. The molecule has 1 aliphatic rings. The SMILES string of the molecule is Oc1cc(F)c(Cn2nc(-c3nc4c(c(Nc5ccnnc5)n3)CCC4)c3ccccc32)c(F)c1. The summed E-state index contributed by atoms with van der Waals surface area (Å²) in [6, 6.07) is 11.0. The highest BCUT2D eigenvalue weighted by molar-refractivity contribution is 5.92. The van der Waals surface area contributed by atoms with Gasteiger partial charge in [-0.05, 0) is 31.4 Å². The molecule has 0 aliphatic heterocycles. The second kappa shape index (κ2) is 8.39. The first-order chi connectivity index (χ1) is 17.1. The third kappa shape index (κ3) is 3.82. The summed E-state index contributed by atoms with van der Waals surface area (Å²) in [6.07, 6.45) is 5.89. The molecular formula is C25H19F2N7O. The minimum absolute atomic E-state index is 0.156. The predicted octanol–water partition coefficient (Wildman–Crippen LogP) is 4.55. The fourth-order valence-corrected chi connectivity index (χ4v) is 4.45. The van der Waals surface area contributed by atoms with Crippen molar-refractivity contribution in [3.8, 4) is 17.3 Å². The maximum atomic E-state index is 14.5. The fourth-order valence-electron chi connectivity index (χ4n) is 4.45. The molecule has 0 saturated carbocycles. The zero-order valence-corrected chi connectivity index (χ0v) is 18.4. The normalized spacial score (nSPS) is 12.7. The number of aryl methyl sites for hydroxylation is 1. The number of benzene rings is 2. The Labute approximate surface area is 198 Å². The highest BCUT2D eigenvalue weighted by Crippen LogP contribution is 2.33. The lowest BCUT2D eigenvalue weighted by Crippen LogP contribution is -2.07. The maximum Gasteiger partial charge on any atom is 0.182 e. The number of nitrogens with zero attached hydrogens (tertiary/aromatic N) is 6. The summed E-state index contributed by atoms with van der Waals surface area (Å²) >= 11 is 0. The molecule has 0 atom stereocenters. The van der Waals surface area contributed by atoms with Crippen LogP contribution in [0.3, 0.4) is 0 Å². The van der Waals surface area contributed by atoms with E-state index in [1.807, 2.05) is 24.3 Å². The molecule has 5 aromatic rings. The van der Waals surface area contributed by atoms with Gasteiger partial charge in [-0.3, -0.25) is 4.68 Å². The number of halogens is 2. The molecule has 2 N–H and O–H groups in total. The Morgan fingerprint density at radius 3 is 2.63 bits per heavy atom. The van der Waals surface area contributed by atoms with Gasteiger partial charge in [0.2, 0.25) is 0 Å². The lowest BCUT2D eigenvalue weighted by atomic mass is 10.1. The van der Waals surface area contributed by atoms with Gasteiger partial charge in [-0.2, -0.15) is 15.3 Å². The lowest BCUT2D eigenvalue weighted by molar-refractivity contribution is 0.454. The molecule has 0 spiro atoms. The van der Waals surface area contributed by atoms with Crippen LogP contribution in [0.15, 0.2) is 54.9 Å². The predicted molar refractivity (Wildman–Crippen MR) is 125 cm³/mol. The molecule has 10 heteroatoms. The maximum absolute atomic E-state index is 14.5. The average Bonchev–Trinajstić information content (AvgIpc) is 3.47. The molecule has 174 valence electrons. The molecule has 0 bridgehead atoms. The third-order valence-corrected chi connectivity index (χ3v) is 6.08. The smallest absolute Gasteiger partial charge is 0.182 e. The van der Waals surface area contributed by atoms with E-state index in [1.54, 1.807) is 18.5 Å². The van der Waals surface area contributed by atoms with Gasteiger partial charge in [-0.25, -0.2) is 18.7 Å². The van der Waals surface area contributed by atoms with E-state index in [4.69, 9.17) is 9.97 Å². The number of phenolic OH excluding ortho intramolecular Hbond substituents is 1. The van der Waals surface area contributed by atoms with Gasteiger partial charge in [0.05, 0.1) is 30.1 Å². The van der Waals surface area contributed by atoms with Gasteiger partial charge >= 0.3 is 0 Å². The summed E-state index contributed by atoms with van der Waals surface area (Å²) in [4.78, 5) is 9.61. The van der Waals surface area contributed by atoms with E-state index in [1.165, 1.54) is 4.68 Å². The Kier molecular flexibility index (Phi) is 5.05. The number of aromatic nitrogens is 6. The number of aromatic hydroxyl groups is 1. The van der Waals surface area contributed by atoms with Crippen molar-refractivity contribution in [2.24, 2.45) is 0 Å². The largest absolute Gasteiger partial charge is 0.508 e. The van der Waals surface area contributed by atoms with Crippen molar-refractivity contribution >= 4 is 22.4 Å². The van der Waals surface area contributed by atoms with Crippen LogP contribution in [0, 0.1) is 11.6 Å². The summed E-state index contributed by atoms with van der Waals surface area (Å²) in [6.45, 7) is -0.156. The van der Waals surface area contributed by atoms with E-state index in [0.717, 1.165) is 53.7 Å². The Balaban J connectivity index is 1.47. The molecule has 1 aliphatic carbocycles. The lowest BCUT2D eigenvalue weighted by Gasteiger charge is -2.11. The number of nitrogens with one attached hydrogen (secondary N) is 1. The Hall–Kier alpha value is -4.47. The van der Waals surface area contributed by atoms with Crippen LogP contribution >= 0.6 is 0 Å². The number of phenols is 1. The molecule has 8 nitrogen and oxygen atoms in total. The quantitative estimate of drug-likeness (QED) is 0.388. The van der Waals surface area contributed by atoms with Gasteiger partial charge in [0.25, 0.3) is 0 Å². The van der Waals surface area contributed by atoms with Gasteiger partial charge < -0.3 is 10.4 Å². The van der Waals surface area contributed by atoms with E-state index in [2.05, 4.69) is 20.6 Å². The van der Waals surface area contributed by atoms with Crippen LogP contribution in [0.5, 0.6) is 5.75 Å². The summed E-state index contributed by atoms with van der Waals surface area (Å²) in [5, 5.41) is 26.0. The molecule has 3 aromatic heterocycles. The van der Waals surface area contributed by atoms with Crippen LogP contribution in [0.25, 0.3) is 22.4 Å². The van der Waals surface area contributed by atoms with E-state index in [9.17, 15) is 13.9 Å². The molecule has 0 radical (unpaired) electrons. The van der Waals surface area contributed by atoms with Gasteiger partial charge in [0.1, 0.15) is 28.9 Å². The third-order valence-electron chi connectivity index (χ3n) is 6.08. The Bertz CT molecular complexity index is 1550. The first-order valence-corrected chi connectivity index (χ1v) is 11.1. The standard InChI is InChI=1S/C25H19F2N7O/c26-19-10-15(35)11-20(27)18(19)13-34-22-7-2-1-4-17(22)23(33-34)25-31-21-6-3-5-16(21)24(32-25)30-14-8-9-28-29-12-14/h1-2,4,7-12,35H,3,5-6,13H2,(H,28,30,31,32).